The number of nitrogens with one attached hydrogen (secondary N) is 1. The van der Waals surface area contributed by atoms with Crippen molar-refractivity contribution >= 4 is 22.3 Å². The first-order valence-corrected chi connectivity index (χ1v) is 11.2. The van der Waals surface area contributed by atoms with Gasteiger partial charge in [0.05, 0.1) is 32.1 Å². The van der Waals surface area contributed by atoms with Crippen molar-refractivity contribution in [2.75, 3.05) is 46.3 Å². The number of hydrogen-bond acceptors (Lipinski definition) is 7. The molecule has 4 rings (SSSR count). The molecule has 0 saturated carbocycles. The molecule has 1 saturated heterocycles. The van der Waals surface area contributed by atoms with Gasteiger partial charge in [-0.2, -0.15) is 5.26 Å². The maximum atomic E-state index is 9.74. The average molecular weight is 447 g/mol. The maximum absolute atomic E-state index is 9.74. The Kier molecular flexibility index (Phi) is 6.85. The van der Waals surface area contributed by atoms with Crippen LogP contribution in [0.3, 0.4) is 0 Å². The van der Waals surface area contributed by atoms with E-state index in [2.05, 4.69) is 28.3 Å². The van der Waals surface area contributed by atoms with Crippen LogP contribution < -0.4 is 19.5 Å². The first-order valence-electron chi connectivity index (χ1n) is 11.2. The summed E-state index contributed by atoms with van der Waals surface area (Å²) in [4.78, 5) is 6.90. The van der Waals surface area contributed by atoms with Gasteiger partial charge in [0.25, 0.3) is 0 Å². The molecule has 0 bridgehead atoms. The standard InChI is InChI=1S/C26H30N4O3/c1-17-5-6-20(31-3)13-22(17)29-24-19(14-27)15-28-25-21(24)7-8-23(26(25)32-4)33-16-18-9-11-30(2)12-10-18/h5-8,13,15,18H,9-12,16H2,1-4H3,(H,28,29). The highest BCUT2D eigenvalue weighted by Gasteiger charge is 2.20. The number of rotatable bonds is 7. The first-order chi connectivity index (χ1) is 16.0. The number of ether oxygens (including phenoxy) is 3. The predicted octanol–water partition coefficient (Wildman–Crippen LogP) is 4.90. The minimum Gasteiger partial charge on any atom is -0.497 e. The van der Waals surface area contributed by atoms with E-state index in [1.54, 1.807) is 20.4 Å². The van der Waals surface area contributed by atoms with Crippen LogP contribution in [0.2, 0.25) is 0 Å². The molecular weight excluding hydrogens is 416 g/mol. The van der Waals surface area contributed by atoms with E-state index in [-0.39, 0.29) is 0 Å². The van der Waals surface area contributed by atoms with E-state index in [0.717, 1.165) is 48.3 Å². The number of aryl methyl sites for hydroxylation is 1. The molecule has 1 aliphatic heterocycles. The second-order valence-corrected chi connectivity index (χ2v) is 8.52. The fourth-order valence-corrected chi connectivity index (χ4v) is 4.19. The highest BCUT2D eigenvalue weighted by atomic mass is 16.5. The minimum absolute atomic E-state index is 0.451. The van der Waals surface area contributed by atoms with E-state index in [1.807, 2.05) is 37.3 Å². The summed E-state index contributed by atoms with van der Waals surface area (Å²) < 4.78 is 17.3. The van der Waals surface area contributed by atoms with Crippen LogP contribution >= 0.6 is 0 Å². The molecule has 7 heteroatoms. The number of hydrogen-bond donors (Lipinski definition) is 1. The number of likely N-dealkylation sites (tertiary alicyclic amines) is 1. The van der Waals surface area contributed by atoms with Crippen LogP contribution in [-0.2, 0) is 0 Å². The molecule has 7 nitrogen and oxygen atoms in total. The Bertz CT molecular complexity index is 1180. The zero-order valence-corrected chi connectivity index (χ0v) is 19.6. The van der Waals surface area contributed by atoms with E-state index in [1.165, 1.54) is 0 Å². The lowest BCUT2D eigenvalue weighted by Gasteiger charge is -2.29. The topological polar surface area (TPSA) is 79.6 Å². The molecule has 2 aromatic carbocycles. The van der Waals surface area contributed by atoms with Gasteiger partial charge in [-0.15, -0.1) is 0 Å². The molecule has 0 unspecified atom stereocenters. The second-order valence-electron chi connectivity index (χ2n) is 8.52. The van der Waals surface area contributed by atoms with E-state index < -0.39 is 0 Å². The fraction of sp³-hybridized carbons (Fsp3) is 0.385. The van der Waals surface area contributed by atoms with Gasteiger partial charge in [-0.25, -0.2) is 0 Å². The van der Waals surface area contributed by atoms with Gasteiger partial charge in [-0.3, -0.25) is 4.98 Å². The van der Waals surface area contributed by atoms with Crippen LogP contribution in [0.25, 0.3) is 10.9 Å². The predicted molar refractivity (Wildman–Crippen MR) is 130 cm³/mol. The molecule has 1 aliphatic rings. The molecular formula is C26H30N4O3. The fourth-order valence-electron chi connectivity index (χ4n) is 4.19. The summed E-state index contributed by atoms with van der Waals surface area (Å²) in [5.41, 5.74) is 3.68. The number of pyridine rings is 1. The number of nitriles is 1. The van der Waals surface area contributed by atoms with Crippen molar-refractivity contribution in [1.82, 2.24) is 9.88 Å². The Hall–Kier alpha value is -3.50. The summed E-state index contributed by atoms with van der Waals surface area (Å²) in [5.74, 6) is 2.52. The van der Waals surface area contributed by atoms with Gasteiger partial charge >= 0.3 is 0 Å². The largest absolute Gasteiger partial charge is 0.497 e. The lowest BCUT2D eigenvalue weighted by Crippen LogP contribution is -2.32. The van der Waals surface area contributed by atoms with E-state index in [4.69, 9.17) is 14.2 Å². The quantitative estimate of drug-likeness (QED) is 0.553. The van der Waals surface area contributed by atoms with Gasteiger partial charge in [-0.05, 0) is 69.6 Å². The Balaban J connectivity index is 1.69. The van der Waals surface area contributed by atoms with Crippen molar-refractivity contribution in [1.29, 1.82) is 5.26 Å². The summed E-state index contributed by atoms with van der Waals surface area (Å²) in [6.07, 6.45) is 3.83. The number of aromatic nitrogens is 1. The SMILES string of the molecule is COc1ccc(C)c(Nc2c(C#N)cnc3c(OC)c(OCC4CCN(C)CC4)ccc23)c1. The molecule has 1 fully saturated rings. The third-order valence-corrected chi connectivity index (χ3v) is 6.30. The second kappa shape index (κ2) is 9.97. The minimum atomic E-state index is 0.451. The Morgan fingerprint density at radius 3 is 2.64 bits per heavy atom. The van der Waals surface area contributed by atoms with Crippen molar-refractivity contribution in [3.05, 3.63) is 47.7 Å². The third kappa shape index (κ3) is 4.81. The van der Waals surface area contributed by atoms with Crippen molar-refractivity contribution in [3.63, 3.8) is 0 Å². The number of benzene rings is 2. The van der Waals surface area contributed by atoms with Crippen LogP contribution in [0, 0.1) is 24.2 Å². The molecule has 3 aromatic rings. The summed E-state index contributed by atoms with van der Waals surface area (Å²) in [5, 5.41) is 14.0. The van der Waals surface area contributed by atoms with Gasteiger partial charge in [0, 0.05) is 23.3 Å². The monoisotopic (exact) mass is 446 g/mol. The van der Waals surface area contributed by atoms with Crippen LogP contribution in [0.15, 0.2) is 36.5 Å². The lowest BCUT2D eigenvalue weighted by atomic mass is 9.98. The molecule has 0 radical (unpaired) electrons. The molecule has 0 atom stereocenters. The number of nitrogens with zero attached hydrogens (tertiary/aromatic N) is 3. The Labute approximate surface area is 194 Å². The van der Waals surface area contributed by atoms with Gasteiger partial charge in [-0.1, -0.05) is 6.07 Å². The zero-order chi connectivity index (χ0) is 23.4. The van der Waals surface area contributed by atoms with Crippen molar-refractivity contribution in [2.45, 2.75) is 19.8 Å². The number of piperidine rings is 1. The highest BCUT2D eigenvalue weighted by molar-refractivity contribution is 6.00. The summed E-state index contributed by atoms with van der Waals surface area (Å²) in [7, 11) is 5.41. The van der Waals surface area contributed by atoms with Crippen molar-refractivity contribution in [3.8, 4) is 23.3 Å². The summed E-state index contributed by atoms with van der Waals surface area (Å²) in [6.45, 7) is 4.85. The average Bonchev–Trinajstić information content (AvgIpc) is 2.84. The maximum Gasteiger partial charge on any atom is 0.187 e. The molecule has 0 aliphatic carbocycles. The molecule has 172 valence electrons. The van der Waals surface area contributed by atoms with Crippen LogP contribution in [-0.4, -0.2) is 50.8 Å². The molecule has 2 heterocycles. The van der Waals surface area contributed by atoms with Gasteiger partial charge in [0.15, 0.2) is 11.5 Å². The van der Waals surface area contributed by atoms with E-state index in [0.29, 0.717) is 40.8 Å². The zero-order valence-electron chi connectivity index (χ0n) is 19.6. The first kappa shape index (κ1) is 22.7. The number of fused-ring (bicyclic) bond motifs is 1. The van der Waals surface area contributed by atoms with E-state index in [9.17, 15) is 5.26 Å². The van der Waals surface area contributed by atoms with E-state index >= 15 is 0 Å². The van der Waals surface area contributed by atoms with Crippen LogP contribution in [0.5, 0.6) is 17.2 Å². The third-order valence-electron chi connectivity index (χ3n) is 6.30. The molecule has 1 N–H and O–H groups in total. The van der Waals surface area contributed by atoms with Crippen molar-refractivity contribution in [2.24, 2.45) is 5.92 Å². The molecule has 1 aromatic heterocycles. The van der Waals surface area contributed by atoms with Gasteiger partial charge in [0.1, 0.15) is 17.3 Å². The number of methoxy groups -OCH3 is 2. The van der Waals surface area contributed by atoms with Crippen molar-refractivity contribution < 1.29 is 14.2 Å². The highest BCUT2D eigenvalue weighted by Crippen LogP contribution is 2.40. The molecule has 0 amide bonds. The molecule has 33 heavy (non-hydrogen) atoms. The molecule has 0 spiro atoms. The lowest BCUT2D eigenvalue weighted by molar-refractivity contribution is 0.157. The summed E-state index contributed by atoms with van der Waals surface area (Å²) in [6, 6.07) is 11.9. The Morgan fingerprint density at radius 1 is 1.15 bits per heavy atom. The van der Waals surface area contributed by atoms with Crippen LogP contribution in [0.4, 0.5) is 11.4 Å². The van der Waals surface area contributed by atoms with Gasteiger partial charge in [0.2, 0.25) is 0 Å². The summed E-state index contributed by atoms with van der Waals surface area (Å²) >= 11 is 0. The normalized spacial score (nSPS) is 14.6. The van der Waals surface area contributed by atoms with Crippen LogP contribution in [0.1, 0.15) is 24.0 Å². The number of anilines is 2. The Morgan fingerprint density at radius 2 is 1.94 bits per heavy atom. The van der Waals surface area contributed by atoms with Gasteiger partial charge < -0.3 is 24.4 Å². The smallest absolute Gasteiger partial charge is 0.187 e.